The third-order valence-electron chi connectivity index (χ3n) is 12.4. The number of aliphatic hydroxyl groups is 1. The number of Topliss-reactive ketones (excluding diaryl/α,β-unsaturated/α-hetero) is 2. The third-order valence-corrected chi connectivity index (χ3v) is 16.9. The van der Waals surface area contributed by atoms with Gasteiger partial charge in [-0.15, -0.1) is 0 Å². The van der Waals surface area contributed by atoms with Crippen molar-refractivity contribution in [1.29, 1.82) is 0 Å². The second kappa shape index (κ2) is 13.7. The van der Waals surface area contributed by atoms with Crippen LogP contribution in [0.5, 0.6) is 5.88 Å². The molecule has 2 heterocycles. The molecule has 53 heavy (non-hydrogen) atoms. The van der Waals surface area contributed by atoms with Gasteiger partial charge in [0.2, 0.25) is 11.6 Å². The van der Waals surface area contributed by atoms with E-state index in [0.29, 0.717) is 28.0 Å². The fourth-order valence-corrected chi connectivity index (χ4v) is 10.1. The van der Waals surface area contributed by atoms with Crippen molar-refractivity contribution >= 4 is 31.7 Å². The first kappa shape index (κ1) is 37.4. The summed E-state index contributed by atoms with van der Waals surface area (Å²) in [5.74, 6) is -2.77. The molecule has 0 amide bonds. The van der Waals surface area contributed by atoms with Gasteiger partial charge in [-0.1, -0.05) is 63.3 Å². The zero-order valence-electron chi connectivity index (χ0n) is 32.2. The molecule has 4 atom stereocenters. The van der Waals surface area contributed by atoms with Gasteiger partial charge in [-0.2, -0.15) is 0 Å². The van der Waals surface area contributed by atoms with Crippen molar-refractivity contribution in [3.05, 3.63) is 93.0 Å². The van der Waals surface area contributed by atoms with Gasteiger partial charge in [-0.25, -0.2) is 4.39 Å². The van der Waals surface area contributed by atoms with Crippen LogP contribution in [0.1, 0.15) is 90.0 Å². The molecule has 1 aliphatic heterocycles. The number of nitrogens with zero attached hydrogens (tertiary/aromatic N) is 3. The van der Waals surface area contributed by atoms with Gasteiger partial charge in [0.05, 0.1) is 6.04 Å². The Balaban J connectivity index is 1.37. The normalized spacial score (nSPS) is 24.8. The number of rotatable bonds is 9. The molecule has 2 aromatic carbocycles. The SMILES string of the molecule is Cc1c(/C=C/CN2CCCC2)cc(F)c2c1C(O)=C1C(=O)[C@]3(O[Si](C)(C)C(C)(C)C)C(=O)c4c(OCc5ccccc5)noc4[C@@H](N(C)C)[C@@H]3C[C@@H]1C2. The van der Waals surface area contributed by atoms with Crippen LogP contribution in [-0.2, 0) is 22.2 Å². The lowest BCUT2D eigenvalue weighted by molar-refractivity contribution is -0.140. The summed E-state index contributed by atoms with van der Waals surface area (Å²) in [5, 5.41) is 16.1. The lowest BCUT2D eigenvalue weighted by atomic mass is 9.57. The lowest BCUT2D eigenvalue weighted by Crippen LogP contribution is -2.68. The second-order valence-corrected chi connectivity index (χ2v) is 21.7. The maximum Gasteiger partial charge on any atom is 0.265 e. The fraction of sp³-hybridized carbons (Fsp3) is 0.500. The molecule has 1 saturated heterocycles. The van der Waals surface area contributed by atoms with Crippen molar-refractivity contribution in [2.24, 2.45) is 11.8 Å². The van der Waals surface area contributed by atoms with Crippen molar-refractivity contribution in [3.8, 4) is 5.88 Å². The van der Waals surface area contributed by atoms with E-state index in [1.54, 1.807) is 0 Å². The van der Waals surface area contributed by atoms with E-state index in [9.17, 15) is 5.11 Å². The van der Waals surface area contributed by atoms with Gasteiger partial charge in [0, 0.05) is 23.6 Å². The Morgan fingerprint density at radius 3 is 2.47 bits per heavy atom. The standard InChI is InChI=1S/C42H52FN3O6Si/c1-25-27(17-14-20-46-18-12-13-19-46)23-31(43)29-21-28-22-30-35(45(5)6)37-34(40(44-51-37)50-24-26-15-10-9-11-16-26)39(49)42(30,52-53(7,8)41(2,3)4)38(48)33(28)36(47)32(25)29/h9-11,14-17,23,28,30,35,47H,12-13,18-22,24H2,1-8H3/b17-14+/t28-,30-,35-,42-/m0/s1. The molecule has 4 aliphatic rings. The van der Waals surface area contributed by atoms with Crippen LogP contribution < -0.4 is 4.74 Å². The van der Waals surface area contributed by atoms with Gasteiger partial charge >= 0.3 is 0 Å². The summed E-state index contributed by atoms with van der Waals surface area (Å²) in [6, 6.07) is 10.5. The number of likely N-dealkylation sites (tertiary alicyclic amines) is 1. The van der Waals surface area contributed by atoms with Crippen LogP contribution in [0.3, 0.4) is 0 Å². The zero-order valence-corrected chi connectivity index (χ0v) is 33.2. The Bertz CT molecular complexity index is 1990. The Morgan fingerprint density at radius 2 is 1.81 bits per heavy atom. The Hall–Kier alpha value is -3.90. The Morgan fingerprint density at radius 1 is 1.11 bits per heavy atom. The van der Waals surface area contributed by atoms with E-state index in [4.69, 9.17) is 13.7 Å². The molecular weight excluding hydrogens is 690 g/mol. The van der Waals surface area contributed by atoms with E-state index in [1.807, 2.05) is 81.5 Å². The summed E-state index contributed by atoms with van der Waals surface area (Å²) < 4.78 is 35.4. The Labute approximate surface area is 312 Å². The molecule has 1 saturated carbocycles. The predicted molar refractivity (Wildman–Crippen MR) is 205 cm³/mol. The molecule has 1 N–H and O–H groups in total. The third kappa shape index (κ3) is 6.23. The van der Waals surface area contributed by atoms with Gasteiger partial charge in [0.1, 0.15) is 23.7 Å². The molecule has 0 radical (unpaired) electrons. The van der Waals surface area contributed by atoms with Crippen LogP contribution in [0.2, 0.25) is 18.1 Å². The van der Waals surface area contributed by atoms with Crippen molar-refractivity contribution < 1.29 is 32.8 Å². The molecule has 1 aromatic heterocycles. The number of aliphatic hydroxyl groups excluding tert-OH is 1. The van der Waals surface area contributed by atoms with E-state index in [-0.39, 0.29) is 47.3 Å². The summed E-state index contributed by atoms with van der Waals surface area (Å²) in [4.78, 5) is 35.2. The van der Waals surface area contributed by atoms with E-state index in [0.717, 1.165) is 25.2 Å². The number of carbonyl (C=O) groups is 2. The van der Waals surface area contributed by atoms with E-state index in [1.165, 1.54) is 18.9 Å². The average molecular weight is 742 g/mol. The molecule has 7 rings (SSSR count). The minimum Gasteiger partial charge on any atom is -0.507 e. The van der Waals surface area contributed by atoms with Crippen LogP contribution in [0.4, 0.5) is 4.39 Å². The smallest absolute Gasteiger partial charge is 0.265 e. The van der Waals surface area contributed by atoms with Crippen LogP contribution in [-0.4, -0.2) is 79.3 Å². The van der Waals surface area contributed by atoms with Crippen molar-refractivity contribution in [3.63, 3.8) is 0 Å². The molecule has 2 fully saturated rings. The first-order valence-corrected chi connectivity index (χ1v) is 21.7. The average Bonchev–Trinajstić information content (AvgIpc) is 3.77. The number of halogens is 1. The lowest BCUT2D eigenvalue weighted by Gasteiger charge is -2.55. The summed E-state index contributed by atoms with van der Waals surface area (Å²) >= 11 is 0. The topological polar surface area (TPSA) is 105 Å². The minimum absolute atomic E-state index is 0.00255. The van der Waals surface area contributed by atoms with Crippen LogP contribution in [0, 0.1) is 24.6 Å². The number of ether oxygens (including phenoxy) is 1. The van der Waals surface area contributed by atoms with E-state index in [2.05, 4.69) is 30.8 Å². The summed E-state index contributed by atoms with van der Waals surface area (Å²) in [6.07, 6.45) is 6.78. The maximum absolute atomic E-state index is 16.1. The molecule has 0 bridgehead atoms. The Kier molecular flexibility index (Phi) is 9.70. The van der Waals surface area contributed by atoms with Crippen molar-refractivity contribution in [2.45, 2.75) is 89.8 Å². The molecule has 282 valence electrons. The molecule has 0 unspecified atom stereocenters. The number of carbonyl (C=O) groups excluding carboxylic acids is 2. The largest absolute Gasteiger partial charge is 0.507 e. The quantitative estimate of drug-likeness (QED) is 0.172. The number of ketones is 2. The van der Waals surface area contributed by atoms with Crippen LogP contribution in [0.25, 0.3) is 11.8 Å². The molecule has 0 spiro atoms. The predicted octanol–water partition coefficient (Wildman–Crippen LogP) is 8.10. The highest BCUT2D eigenvalue weighted by atomic mass is 28.4. The van der Waals surface area contributed by atoms with E-state index >= 15 is 14.0 Å². The molecular formula is C42H52FN3O6Si. The highest BCUT2D eigenvalue weighted by Crippen LogP contribution is 2.59. The molecule has 3 aromatic rings. The summed E-state index contributed by atoms with van der Waals surface area (Å²) in [6.45, 7) is 15.1. The number of hydrogen-bond donors (Lipinski definition) is 1. The molecule has 9 nitrogen and oxygen atoms in total. The van der Waals surface area contributed by atoms with Gasteiger partial charge in [0.15, 0.2) is 19.7 Å². The van der Waals surface area contributed by atoms with E-state index < -0.39 is 49.2 Å². The number of benzene rings is 2. The van der Waals surface area contributed by atoms with Crippen molar-refractivity contribution in [1.82, 2.24) is 15.0 Å². The molecule has 11 heteroatoms. The molecule has 3 aliphatic carbocycles. The fourth-order valence-electron chi connectivity index (χ4n) is 8.65. The number of fused-ring (bicyclic) bond motifs is 4. The maximum atomic E-state index is 16.1. The van der Waals surface area contributed by atoms with Gasteiger partial charge < -0.3 is 18.8 Å². The summed E-state index contributed by atoms with van der Waals surface area (Å²) in [5.41, 5.74) is 1.15. The van der Waals surface area contributed by atoms with Gasteiger partial charge in [0.25, 0.3) is 5.88 Å². The van der Waals surface area contributed by atoms with Crippen LogP contribution >= 0.6 is 0 Å². The zero-order chi connectivity index (χ0) is 38.0. The highest BCUT2D eigenvalue weighted by molar-refractivity contribution is 6.74. The van der Waals surface area contributed by atoms with Crippen LogP contribution in [0.15, 0.2) is 52.6 Å². The van der Waals surface area contributed by atoms with Crippen molar-refractivity contribution in [2.75, 3.05) is 33.7 Å². The highest BCUT2D eigenvalue weighted by Gasteiger charge is 2.69. The second-order valence-electron chi connectivity index (χ2n) is 17.0. The first-order chi connectivity index (χ1) is 25.1. The van der Waals surface area contributed by atoms with Gasteiger partial charge in [-0.05, 0) is 117 Å². The first-order valence-electron chi connectivity index (χ1n) is 18.8. The van der Waals surface area contributed by atoms with Gasteiger partial charge in [-0.3, -0.25) is 19.4 Å². The minimum atomic E-state index is -2.88. The number of aromatic nitrogens is 1. The monoisotopic (exact) mass is 741 g/mol. The summed E-state index contributed by atoms with van der Waals surface area (Å²) in [7, 11) is 0.867. The number of hydrogen-bond acceptors (Lipinski definition) is 9.